The van der Waals surface area contributed by atoms with Gasteiger partial charge in [-0.15, -0.1) is 0 Å². The Morgan fingerprint density at radius 3 is 2.76 bits per heavy atom. The molecule has 0 aliphatic carbocycles. The smallest absolute Gasteiger partial charge is 0.178 e. The Morgan fingerprint density at radius 2 is 2.12 bits per heavy atom. The number of fused-ring (bicyclic) bond motifs is 1. The van der Waals surface area contributed by atoms with Crippen molar-refractivity contribution in [3.05, 3.63) is 28.2 Å². The molecule has 0 bridgehead atoms. The van der Waals surface area contributed by atoms with Gasteiger partial charge in [0.15, 0.2) is 9.84 Å². The average Bonchev–Trinajstić information content (AvgIpc) is 2.22. The van der Waals surface area contributed by atoms with Gasteiger partial charge in [-0.25, -0.2) is 8.42 Å². The highest BCUT2D eigenvalue weighted by Crippen LogP contribution is 2.34. The van der Waals surface area contributed by atoms with Gasteiger partial charge in [-0.05, 0) is 30.2 Å². The topological polar surface area (TPSA) is 46.2 Å². The zero-order valence-corrected chi connectivity index (χ0v) is 12.3. The first-order valence-electron chi connectivity index (χ1n) is 5.68. The third-order valence-corrected chi connectivity index (χ3v) is 5.20. The van der Waals surface area contributed by atoms with E-state index in [9.17, 15) is 8.42 Å². The van der Waals surface area contributed by atoms with Gasteiger partial charge in [0.2, 0.25) is 0 Å². The summed E-state index contributed by atoms with van der Waals surface area (Å²) in [7, 11) is -3.09. The number of benzene rings is 1. The zero-order valence-electron chi connectivity index (χ0n) is 9.90. The van der Waals surface area contributed by atoms with Crippen LogP contribution in [0.15, 0.2) is 27.6 Å². The largest absolute Gasteiger partial charge is 0.308 e. The zero-order chi connectivity index (χ0) is 12.6. The molecule has 2 rings (SSSR count). The van der Waals surface area contributed by atoms with Crippen molar-refractivity contribution in [1.29, 1.82) is 0 Å². The van der Waals surface area contributed by atoms with Crippen LogP contribution in [0.25, 0.3) is 0 Å². The standard InChI is InChI=1S/C12H16BrNO2S/c1-8(2)14-11-5-6-17(15,16)12-4-3-9(13)7-10(11)12/h3-4,7-8,11,14H,5-6H2,1-2H3. The SMILES string of the molecule is CC(C)NC1CCS(=O)(=O)c2ccc(Br)cc21. The van der Waals surface area contributed by atoms with E-state index >= 15 is 0 Å². The Kier molecular flexibility index (Phi) is 3.61. The predicted molar refractivity (Wildman–Crippen MR) is 71.8 cm³/mol. The van der Waals surface area contributed by atoms with Crippen LogP contribution in [0, 0.1) is 0 Å². The molecule has 1 N–H and O–H groups in total. The molecule has 0 fully saturated rings. The van der Waals surface area contributed by atoms with Crippen LogP contribution < -0.4 is 5.32 Å². The molecule has 3 nitrogen and oxygen atoms in total. The van der Waals surface area contributed by atoms with Crippen molar-refractivity contribution >= 4 is 25.8 Å². The Morgan fingerprint density at radius 1 is 1.41 bits per heavy atom. The molecule has 1 aliphatic rings. The van der Waals surface area contributed by atoms with Crippen molar-refractivity contribution in [2.75, 3.05) is 5.75 Å². The van der Waals surface area contributed by atoms with Gasteiger partial charge in [0, 0.05) is 16.6 Å². The van der Waals surface area contributed by atoms with Crippen LogP contribution in [0.1, 0.15) is 31.9 Å². The summed E-state index contributed by atoms with van der Waals surface area (Å²) >= 11 is 3.40. The first-order chi connectivity index (χ1) is 7.90. The van der Waals surface area contributed by atoms with Crippen molar-refractivity contribution < 1.29 is 8.42 Å². The van der Waals surface area contributed by atoms with Gasteiger partial charge in [-0.1, -0.05) is 29.8 Å². The Bertz CT molecular complexity index is 525. The molecule has 17 heavy (non-hydrogen) atoms. The number of sulfone groups is 1. The fraction of sp³-hybridized carbons (Fsp3) is 0.500. The van der Waals surface area contributed by atoms with Crippen molar-refractivity contribution in [3.63, 3.8) is 0 Å². The Balaban J connectivity index is 2.49. The summed E-state index contributed by atoms with van der Waals surface area (Å²) in [6.45, 7) is 4.14. The van der Waals surface area contributed by atoms with Crippen LogP contribution >= 0.6 is 15.9 Å². The van der Waals surface area contributed by atoms with Crippen molar-refractivity contribution in [2.24, 2.45) is 0 Å². The van der Waals surface area contributed by atoms with Gasteiger partial charge in [0.05, 0.1) is 10.6 Å². The molecule has 1 aromatic carbocycles. The number of rotatable bonds is 2. The maximum absolute atomic E-state index is 12.0. The predicted octanol–water partition coefficient (Wildman–Crippen LogP) is 2.67. The summed E-state index contributed by atoms with van der Waals surface area (Å²) in [5, 5.41) is 3.42. The van der Waals surface area contributed by atoms with Gasteiger partial charge >= 0.3 is 0 Å². The number of hydrogen-bond donors (Lipinski definition) is 1. The molecule has 0 saturated carbocycles. The van der Waals surface area contributed by atoms with Gasteiger partial charge in [0.25, 0.3) is 0 Å². The molecule has 1 unspecified atom stereocenters. The molecule has 1 aliphatic heterocycles. The van der Waals surface area contributed by atoms with E-state index in [2.05, 4.69) is 35.1 Å². The quantitative estimate of drug-likeness (QED) is 0.912. The number of halogens is 1. The van der Waals surface area contributed by atoms with Crippen LogP contribution in [0.4, 0.5) is 0 Å². The van der Waals surface area contributed by atoms with Crippen LogP contribution in [-0.2, 0) is 9.84 Å². The van der Waals surface area contributed by atoms with Gasteiger partial charge in [-0.2, -0.15) is 0 Å². The molecule has 1 heterocycles. The van der Waals surface area contributed by atoms with E-state index in [0.717, 1.165) is 10.0 Å². The molecule has 94 valence electrons. The van der Waals surface area contributed by atoms with Crippen LogP contribution in [-0.4, -0.2) is 20.2 Å². The maximum atomic E-state index is 12.0. The molecular weight excluding hydrogens is 302 g/mol. The van der Waals surface area contributed by atoms with Crippen molar-refractivity contribution in [3.8, 4) is 0 Å². The fourth-order valence-corrected chi connectivity index (χ4v) is 4.17. The van der Waals surface area contributed by atoms with Gasteiger partial charge in [0.1, 0.15) is 0 Å². The monoisotopic (exact) mass is 317 g/mol. The van der Waals surface area contributed by atoms with E-state index in [0.29, 0.717) is 17.4 Å². The van der Waals surface area contributed by atoms with Gasteiger partial charge in [-0.3, -0.25) is 0 Å². The van der Waals surface area contributed by atoms with E-state index in [1.165, 1.54) is 0 Å². The molecule has 0 amide bonds. The highest BCUT2D eigenvalue weighted by Gasteiger charge is 2.30. The average molecular weight is 318 g/mol. The third kappa shape index (κ3) is 2.72. The van der Waals surface area contributed by atoms with Crippen LogP contribution in [0.2, 0.25) is 0 Å². The summed E-state index contributed by atoms with van der Waals surface area (Å²) in [5.41, 5.74) is 0.888. The summed E-state index contributed by atoms with van der Waals surface area (Å²) in [6.07, 6.45) is 0.643. The fourth-order valence-electron chi connectivity index (χ4n) is 2.19. The Hall–Kier alpha value is -0.390. The molecule has 0 spiro atoms. The van der Waals surface area contributed by atoms with Gasteiger partial charge < -0.3 is 5.32 Å². The lowest BCUT2D eigenvalue weighted by atomic mass is 10.0. The van der Waals surface area contributed by atoms with E-state index in [1.807, 2.05) is 6.07 Å². The van der Waals surface area contributed by atoms with E-state index in [1.54, 1.807) is 12.1 Å². The third-order valence-electron chi connectivity index (χ3n) is 2.89. The molecule has 0 saturated heterocycles. The summed E-state index contributed by atoms with van der Waals surface area (Å²) in [4.78, 5) is 0.477. The van der Waals surface area contributed by atoms with Crippen molar-refractivity contribution in [1.82, 2.24) is 5.32 Å². The minimum atomic E-state index is -3.09. The van der Waals surface area contributed by atoms with Crippen LogP contribution in [0.3, 0.4) is 0 Å². The summed E-state index contributed by atoms with van der Waals surface area (Å²) < 4.78 is 24.9. The van der Waals surface area contributed by atoms with E-state index in [-0.39, 0.29) is 11.8 Å². The molecule has 0 aromatic heterocycles. The second kappa shape index (κ2) is 4.71. The van der Waals surface area contributed by atoms with E-state index in [4.69, 9.17) is 0 Å². The highest BCUT2D eigenvalue weighted by molar-refractivity contribution is 9.10. The number of hydrogen-bond acceptors (Lipinski definition) is 3. The number of nitrogens with one attached hydrogen (secondary N) is 1. The maximum Gasteiger partial charge on any atom is 0.178 e. The summed E-state index contributed by atoms with van der Waals surface area (Å²) in [6, 6.07) is 5.86. The summed E-state index contributed by atoms with van der Waals surface area (Å²) in [5.74, 6) is 0.228. The second-order valence-corrected chi connectivity index (χ2v) is 7.66. The van der Waals surface area contributed by atoms with Crippen molar-refractivity contribution in [2.45, 2.75) is 37.2 Å². The Labute approximate surface area is 111 Å². The normalized spacial score (nSPS) is 22.5. The lowest BCUT2D eigenvalue weighted by molar-refractivity contribution is 0.449. The minimum Gasteiger partial charge on any atom is -0.308 e. The molecule has 5 heteroatoms. The highest BCUT2D eigenvalue weighted by atomic mass is 79.9. The molecule has 0 radical (unpaired) electrons. The van der Waals surface area contributed by atoms with Crippen LogP contribution in [0.5, 0.6) is 0 Å². The lowest BCUT2D eigenvalue weighted by Gasteiger charge is -2.28. The molecular formula is C12H16BrNO2S. The molecule has 1 aromatic rings. The lowest BCUT2D eigenvalue weighted by Crippen LogP contribution is -2.33. The second-order valence-electron chi connectivity index (χ2n) is 4.66. The first-order valence-corrected chi connectivity index (χ1v) is 8.13. The molecule has 1 atom stereocenters. The first kappa shape index (κ1) is 13.1. The minimum absolute atomic E-state index is 0.131. The van der Waals surface area contributed by atoms with E-state index < -0.39 is 9.84 Å².